The van der Waals surface area contributed by atoms with Gasteiger partial charge in [-0.05, 0) is 111 Å². The molecule has 0 aliphatic rings. The Morgan fingerprint density at radius 2 is 0.843 bits per heavy atom. The van der Waals surface area contributed by atoms with Crippen LogP contribution in [0.15, 0.2) is 186 Å². The molecule has 0 bridgehead atoms. The molecule has 33 heteroatoms. The summed E-state index contributed by atoms with van der Waals surface area (Å²) in [6.07, 6.45) is 5.35. The molecule has 1 amide bonds. The molecule has 1 radical (unpaired) electrons. The van der Waals surface area contributed by atoms with E-state index < -0.39 is 11.9 Å². The predicted octanol–water partition coefficient (Wildman–Crippen LogP) is 7.18. The molecule has 4 aromatic heterocycles. The molecular weight excluding hydrogens is 1400 g/mol. The molecule has 102 heavy (non-hydrogen) atoms. The number of aromatic amines is 1. The van der Waals surface area contributed by atoms with Crippen molar-refractivity contribution in [3.63, 3.8) is 0 Å². The second kappa shape index (κ2) is 62.0. The third kappa shape index (κ3) is 42.5. The number of aryl methyl sites for hydroxylation is 4. The van der Waals surface area contributed by atoms with Gasteiger partial charge >= 0.3 is 80.2 Å². The summed E-state index contributed by atoms with van der Waals surface area (Å²) in [7, 11) is 10.0. The summed E-state index contributed by atoms with van der Waals surface area (Å²) in [5.74, 6) is -1.57. The van der Waals surface area contributed by atoms with E-state index in [0.717, 1.165) is 71.4 Å². The summed E-state index contributed by atoms with van der Waals surface area (Å²) in [6.45, 7) is 14.0. The van der Waals surface area contributed by atoms with Crippen molar-refractivity contribution in [1.29, 1.82) is 0 Å². The number of nitrogens with zero attached hydrogens (tertiary/aromatic N) is 10. The van der Waals surface area contributed by atoms with Gasteiger partial charge in [0.2, 0.25) is 17.7 Å². The Balaban J connectivity index is -0.000000356. The van der Waals surface area contributed by atoms with Gasteiger partial charge in [0.1, 0.15) is 0 Å². The van der Waals surface area contributed by atoms with Crippen LogP contribution in [-0.2, 0) is 85.8 Å². The Morgan fingerprint density at radius 1 is 0.539 bits per heavy atom. The van der Waals surface area contributed by atoms with Crippen LogP contribution < -0.4 is 34.0 Å². The minimum atomic E-state index is -0.708. The number of H-pyrrole nitrogens is 1. The van der Waals surface area contributed by atoms with Crippen molar-refractivity contribution in [3.05, 3.63) is 239 Å². The zero-order valence-corrected chi connectivity index (χ0v) is 59.9. The van der Waals surface area contributed by atoms with Gasteiger partial charge in [-0.15, -0.1) is 0 Å². The summed E-state index contributed by atoms with van der Waals surface area (Å²) in [5.41, 5.74) is 10.4. The van der Waals surface area contributed by atoms with Crippen LogP contribution in [0.3, 0.4) is 0 Å². The molecule has 0 fully saturated rings. The third-order valence-electron chi connectivity index (χ3n) is 12.0. The molecule has 9 rings (SSSR count). The number of hydrogen-bond acceptors (Lipinski definition) is 25. The van der Waals surface area contributed by atoms with Crippen molar-refractivity contribution in [1.82, 2.24) is 44.9 Å². The minimum Gasteiger partial charge on any atom is -0.870 e. The normalized spacial score (nSPS) is 8.62. The van der Waals surface area contributed by atoms with Gasteiger partial charge in [0.05, 0.1) is 58.4 Å². The van der Waals surface area contributed by atoms with Crippen LogP contribution in [0.5, 0.6) is 0 Å². The SMILES string of the molecule is C.CCc1cc(C)n(C(C)=O)n1.CCc1cc(CBr)n(C(C)=O)n1.CCc1cc(CN(C)c2ccccc2)n(C(C)=O)n1.CN(Cc1ccn[nH]1)c1ccccc1.CNC(=O)c1ccccc1.O=C(OOC(=O)c1ccccc1)c1ccccc1.O=C=O.O=C=O.O=C=O.O=C=O.[B]=NS.[Li+].[OH-]. The fourth-order valence-corrected chi connectivity index (χ4v) is 7.95. The molecule has 3 N–H and O–H groups in total. The average Bonchev–Trinajstić information content (AvgIpc) is 1.70. The summed E-state index contributed by atoms with van der Waals surface area (Å²) >= 11 is 6.50. The Bertz CT molecular complexity index is 3830. The molecule has 9 aromatic rings. The molecule has 0 aliphatic heterocycles. The molecular formula is C69H80BBrLiN12O17S. The number of rotatable bonds is 13. The van der Waals surface area contributed by atoms with Crippen LogP contribution >= 0.6 is 28.7 Å². The van der Waals surface area contributed by atoms with Crippen molar-refractivity contribution >= 4 is 108 Å². The number of hydrogen-bond donors (Lipinski definition) is 3. The maximum absolute atomic E-state index is 11.6. The first kappa shape index (κ1) is 99.4. The molecule has 535 valence electrons. The van der Waals surface area contributed by atoms with Gasteiger partial charge in [-0.3, -0.25) is 24.3 Å². The quantitative estimate of drug-likeness (QED) is 0.0338. The Hall–Kier alpha value is -11.3. The smallest absolute Gasteiger partial charge is 0.870 e. The van der Waals surface area contributed by atoms with Crippen molar-refractivity contribution < 1.29 is 101 Å². The zero-order valence-electron chi connectivity index (χ0n) is 57.4. The number of benzene rings is 5. The number of anilines is 2. The van der Waals surface area contributed by atoms with Crippen LogP contribution in [-0.4, -0.2) is 134 Å². The van der Waals surface area contributed by atoms with Crippen molar-refractivity contribution in [2.24, 2.45) is 4.30 Å². The monoisotopic (exact) mass is 1480 g/mol. The largest absolute Gasteiger partial charge is 1.00 e. The van der Waals surface area contributed by atoms with Crippen LogP contribution in [0.2, 0.25) is 0 Å². The number of thiol groups is 1. The summed E-state index contributed by atoms with van der Waals surface area (Å²) in [5, 5.41) is 22.6. The van der Waals surface area contributed by atoms with Gasteiger partial charge < -0.3 is 20.6 Å². The van der Waals surface area contributed by atoms with Crippen LogP contribution in [0.4, 0.5) is 11.4 Å². The number of para-hydroxylation sites is 2. The number of carbonyl (C=O) groups is 6. The third-order valence-corrected chi connectivity index (χ3v) is 12.5. The Kier molecular flexibility index (Phi) is 60.4. The van der Waals surface area contributed by atoms with Crippen LogP contribution in [0.1, 0.15) is 134 Å². The van der Waals surface area contributed by atoms with E-state index in [-0.39, 0.29) is 80.0 Å². The van der Waals surface area contributed by atoms with Crippen molar-refractivity contribution in [2.45, 2.75) is 93.6 Å². The van der Waals surface area contributed by atoms with Crippen molar-refractivity contribution in [3.8, 4) is 0 Å². The number of nitrogens with one attached hydrogen (secondary N) is 2. The first-order chi connectivity index (χ1) is 47.5. The van der Waals surface area contributed by atoms with Gasteiger partial charge in [-0.25, -0.2) is 33.4 Å². The number of alkyl halides is 1. The van der Waals surface area contributed by atoms with E-state index in [1.54, 1.807) is 93.0 Å². The fraction of sp³-hybridized carbons (Fsp3) is 0.246. The van der Waals surface area contributed by atoms with Crippen LogP contribution in [0, 0.1) is 6.92 Å². The Morgan fingerprint density at radius 3 is 1.13 bits per heavy atom. The molecule has 5 aromatic carbocycles. The van der Waals surface area contributed by atoms with E-state index in [2.05, 4.69) is 122 Å². The molecule has 0 unspecified atom stereocenters. The van der Waals surface area contributed by atoms with E-state index >= 15 is 0 Å². The minimum absolute atomic E-state index is 0. The number of halogens is 1. The fourth-order valence-electron chi connectivity index (χ4n) is 7.55. The zero-order chi connectivity index (χ0) is 74.9. The van der Waals surface area contributed by atoms with Gasteiger partial charge in [-0.1, -0.05) is 135 Å². The van der Waals surface area contributed by atoms with E-state index in [9.17, 15) is 28.8 Å². The molecule has 0 aliphatic carbocycles. The van der Waals surface area contributed by atoms with Crippen LogP contribution in [0.25, 0.3) is 0 Å². The van der Waals surface area contributed by atoms with Gasteiger partial charge in [0.15, 0.2) is 0 Å². The average molecular weight is 1480 g/mol. The van der Waals surface area contributed by atoms with E-state index in [4.69, 9.17) is 38.4 Å². The molecule has 29 nitrogen and oxygen atoms in total. The summed E-state index contributed by atoms with van der Waals surface area (Å²) in [6, 6.07) is 53.9. The second-order valence-corrected chi connectivity index (χ2v) is 19.6. The topological polar surface area (TPSA) is 400 Å². The molecule has 0 atom stereocenters. The molecule has 0 saturated heterocycles. The number of amides is 1. The van der Waals surface area contributed by atoms with E-state index in [1.165, 1.54) is 33.6 Å². The summed E-state index contributed by atoms with van der Waals surface area (Å²) < 4.78 is 7.06. The maximum Gasteiger partial charge on any atom is 1.00 e. The standard InChI is InChI=1S/C15H19N3O.C14H10O4.C11H13N3.C8H11BrN2O.C8H12N2O.C8H9NO.4CO2.CH4.BHNS.Li.H2O/c1-4-13-10-15(18(16-13)12(2)19)11-17(3)14-8-6-5-7-9-14;15-13(11-7-3-1-4-8-11)17-18-14(16)12-9-5-2-6-10-12;1-14(9-10-7-8-12-13-10)11-5-3-2-4-6-11;1-3-7-4-8(5-9)11(10-7)6(2)12;1-4-8-5-6(2)10(9-8)7(3)11;1-9-8(10)7-5-3-2-4-6-7;4*2-1-3;;1-2-3;;/h5-10H,4,11H2,1-3H3;1-10H;2-8H,9H2,1H3,(H,12,13);4H,3,5H2,1-2H3;5H,4H2,1-3H3;2-6H,1H3,(H,9,10);;;;;1H4;3H;;1H2/q;;;;;;;;;;;;+1;/p-1. The second-order valence-electron chi connectivity index (χ2n) is 18.9. The van der Waals surface area contributed by atoms with Gasteiger partial charge in [0.25, 0.3) is 5.91 Å². The molecule has 0 spiro atoms. The van der Waals surface area contributed by atoms with Gasteiger partial charge in [-0.2, -0.15) is 58.8 Å². The molecule has 0 saturated carbocycles. The number of carbonyl (C=O) groups excluding carboxylic acids is 14. The molecule has 4 heterocycles. The van der Waals surface area contributed by atoms with E-state index in [0.29, 0.717) is 28.6 Å². The van der Waals surface area contributed by atoms with Crippen molar-refractivity contribution in [2.75, 3.05) is 30.9 Å². The summed E-state index contributed by atoms with van der Waals surface area (Å²) in [4.78, 5) is 146. The first-order valence-corrected chi connectivity index (χ1v) is 30.6. The Labute approximate surface area is 617 Å². The van der Waals surface area contributed by atoms with E-state index in [1.807, 2.05) is 114 Å². The number of aromatic nitrogens is 8. The maximum atomic E-state index is 11.6. The van der Waals surface area contributed by atoms with Gasteiger partial charge in [0, 0.05) is 76.1 Å². The first-order valence-electron chi connectivity index (χ1n) is 29.1. The predicted molar refractivity (Wildman–Crippen MR) is 376 cm³/mol.